The number of halogens is 1. The predicted octanol–water partition coefficient (Wildman–Crippen LogP) is 3.55. The maximum absolute atomic E-state index is 14.6. The van der Waals surface area contributed by atoms with Crippen molar-refractivity contribution in [3.8, 4) is 5.75 Å². The van der Waals surface area contributed by atoms with Crippen LogP contribution in [0.4, 0.5) is 33.2 Å². The third kappa shape index (κ3) is 5.42. The van der Waals surface area contributed by atoms with Crippen LogP contribution < -0.4 is 31.3 Å². The van der Waals surface area contributed by atoms with Gasteiger partial charge in [-0.1, -0.05) is 42.5 Å². The summed E-state index contributed by atoms with van der Waals surface area (Å²) in [6, 6.07) is 20.1. The molecule has 0 saturated carbocycles. The zero-order valence-corrected chi connectivity index (χ0v) is 22.4. The van der Waals surface area contributed by atoms with Crippen LogP contribution in [0.2, 0.25) is 0 Å². The third-order valence-electron chi connectivity index (χ3n) is 6.97. The van der Waals surface area contributed by atoms with Crippen molar-refractivity contribution in [3.63, 3.8) is 0 Å². The van der Waals surface area contributed by atoms with E-state index in [2.05, 4.69) is 36.6 Å². The third-order valence-corrected chi connectivity index (χ3v) is 6.97. The molecular formula is C30H26FN7O4. The van der Waals surface area contributed by atoms with Crippen LogP contribution in [-0.2, 0) is 27.3 Å². The first-order valence-corrected chi connectivity index (χ1v) is 13.2. The number of aromatic nitrogens is 2. The SMILES string of the molecule is CC12Oc3ccc(cc3NC1=O)Nc1nc(ncc1F)Nc1cccc(c1)CNC(=O)C(Cc1ccccc1)NC2=O. The second-order valence-electron chi connectivity index (χ2n) is 10.1. The highest BCUT2D eigenvalue weighted by Gasteiger charge is 2.48. The van der Waals surface area contributed by atoms with Gasteiger partial charge in [-0.2, -0.15) is 4.98 Å². The lowest BCUT2D eigenvalue weighted by Gasteiger charge is -2.34. The van der Waals surface area contributed by atoms with Crippen molar-refractivity contribution in [3.05, 3.63) is 95.9 Å². The van der Waals surface area contributed by atoms with Crippen molar-refractivity contribution in [2.75, 3.05) is 16.0 Å². The number of anilines is 5. The number of benzene rings is 3. The molecule has 5 N–H and O–H groups in total. The average Bonchev–Trinajstić information content (AvgIpc) is 2.98. The van der Waals surface area contributed by atoms with Crippen LogP contribution in [0.15, 0.2) is 79.0 Å². The van der Waals surface area contributed by atoms with Crippen molar-refractivity contribution in [2.45, 2.75) is 31.5 Å². The lowest BCUT2D eigenvalue weighted by Crippen LogP contribution is -2.62. The molecule has 0 aliphatic carbocycles. The lowest BCUT2D eigenvalue weighted by atomic mass is 9.99. The van der Waals surface area contributed by atoms with Gasteiger partial charge in [0.15, 0.2) is 11.6 Å². The molecule has 0 saturated heterocycles. The summed E-state index contributed by atoms with van der Waals surface area (Å²) in [5, 5.41) is 14.2. The molecule has 42 heavy (non-hydrogen) atoms. The van der Waals surface area contributed by atoms with Gasteiger partial charge in [0.25, 0.3) is 17.4 Å². The number of nitrogens with one attached hydrogen (secondary N) is 5. The molecule has 12 heteroatoms. The van der Waals surface area contributed by atoms with Gasteiger partial charge in [-0.3, -0.25) is 14.4 Å². The molecule has 1 aromatic heterocycles. The summed E-state index contributed by atoms with van der Waals surface area (Å²) < 4.78 is 20.5. The van der Waals surface area contributed by atoms with E-state index in [0.717, 1.165) is 17.3 Å². The predicted molar refractivity (Wildman–Crippen MR) is 153 cm³/mol. The van der Waals surface area contributed by atoms with Crippen LogP contribution >= 0.6 is 0 Å². The molecule has 4 aliphatic rings. The van der Waals surface area contributed by atoms with Gasteiger partial charge < -0.3 is 31.3 Å². The molecule has 0 spiro atoms. The maximum Gasteiger partial charge on any atom is 0.278 e. The van der Waals surface area contributed by atoms with E-state index in [1.165, 1.54) is 13.0 Å². The highest BCUT2D eigenvalue weighted by Crippen LogP contribution is 2.37. The zero-order chi connectivity index (χ0) is 29.3. The topological polar surface area (TPSA) is 146 Å². The Morgan fingerprint density at radius 2 is 1.74 bits per heavy atom. The lowest BCUT2D eigenvalue weighted by molar-refractivity contribution is -0.148. The summed E-state index contributed by atoms with van der Waals surface area (Å²) in [6.45, 7) is 1.49. The van der Waals surface area contributed by atoms with Gasteiger partial charge in [0.05, 0.1) is 11.9 Å². The number of nitrogens with zero attached hydrogens (tertiary/aromatic N) is 2. The van der Waals surface area contributed by atoms with Crippen LogP contribution in [0.3, 0.4) is 0 Å². The Labute approximate surface area is 239 Å². The molecule has 2 atom stereocenters. The molecule has 8 bridgehead atoms. The fraction of sp³-hybridized carbons (Fsp3) is 0.167. The number of rotatable bonds is 2. The minimum Gasteiger partial charge on any atom is -0.466 e. The fourth-order valence-electron chi connectivity index (χ4n) is 4.66. The van der Waals surface area contributed by atoms with Crippen molar-refractivity contribution in [1.29, 1.82) is 0 Å². The smallest absolute Gasteiger partial charge is 0.278 e. The van der Waals surface area contributed by atoms with E-state index >= 15 is 0 Å². The van der Waals surface area contributed by atoms with Crippen molar-refractivity contribution in [2.24, 2.45) is 0 Å². The summed E-state index contributed by atoms with van der Waals surface area (Å²) >= 11 is 0. The Kier molecular flexibility index (Phi) is 6.87. The number of carbonyl (C=O) groups is 3. The minimum absolute atomic E-state index is 0.0954. The van der Waals surface area contributed by atoms with Gasteiger partial charge in [0.2, 0.25) is 11.9 Å². The van der Waals surface area contributed by atoms with E-state index in [-0.39, 0.29) is 36.2 Å². The monoisotopic (exact) mass is 567 g/mol. The van der Waals surface area contributed by atoms with E-state index in [1.54, 1.807) is 30.3 Å². The Morgan fingerprint density at radius 1 is 0.929 bits per heavy atom. The van der Waals surface area contributed by atoms with Gasteiger partial charge in [0.1, 0.15) is 11.8 Å². The Hall–Kier alpha value is -5.52. The Bertz CT molecular complexity index is 1700. The van der Waals surface area contributed by atoms with Crippen LogP contribution in [0, 0.1) is 5.82 Å². The molecule has 3 amide bonds. The van der Waals surface area contributed by atoms with Gasteiger partial charge in [-0.05, 0) is 48.4 Å². The number of fused-ring (bicyclic) bond motifs is 2. The van der Waals surface area contributed by atoms with Gasteiger partial charge in [-0.15, -0.1) is 0 Å². The summed E-state index contributed by atoms with van der Waals surface area (Å²) in [4.78, 5) is 48.5. The first kappa shape index (κ1) is 26.7. The first-order chi connectivity index (χ1) is 20.3. The average molecular weight is 568 g/mol. The van der Waals surface area contributed by atoms with E-state index in [9.17, 15) is 18.8 Å². The zero-order valence-electron chi connectivity index (χ0n) is 22.4. The molecule has 0 radical (unpaired) electrons. The second kappa shape index (κ2) is 10.8. The molecule has 2 unspecified atom stereocenters. The standard InChI is InChI=1S/C30H26FN7O4/c1-30-27(40)36-22-14-20(10-11-24(22)42-30)34-25-21(31)16-33-29(38-25)35-19-9-5-8-18(12-19)15-32-26(39)23(37-28(30)41)13-17-6-3-2-4-7-17/h2-12,14,16,23H,13,15H2,1H3,(H,32,39)(H,36,40)(H,37,41)(H2,33,34,35,38). The Morgan fingerprint density at radius 3 is 2.57 bits per heavy atom. The molecular weight excluding hydrogens is 541 g/mol. The van der Waals surface area contributed by atoms with E-state index in [1.807, 2.05) is 36.4 Å². The quantitative estimate of drug-likeness (QED) is 0.231. The summed E-state index contributed by atoms with van der Waals surface area (Å²) in [5.41, 5.74) is 0.910. The van der Waals surface area contributed by atoms with Crippen molar-refractivity contribution >= 4 is 46.5 Å². The number of amides is 3. The largest absolute Gasteiger partial charge is 0.466 e. The number of hydrogen-bond donors (Lipinski definition) is 5. The Balaban J connectivity index is 1.39. The van der Waals surface area contributed by atoms with Crippen LogP contribution in [0.1, 0.15) is 18.1 Å². The molecule has 11 nitrogen and oxygen atoms in total. The van der Waals surface area contributed by atoms with Crippen molar-refractivity contribution in [1.82, 2.24) is 20.6 Å². The minimum atomic E-state index is -1.97. The van der Waals surface area contributed by atoms with Gasteiger partial charge in [0, 0.05) is 24.3 Å². The van der Waals surface area contributed by atoms with Crippen LogP contribution in [0.25, 0.3) is 0 Å². The van der Waals surface area contributed by atoms with E-state index in [4.69, 9.17) is 4.74 Å². The number of ether oxygens (including phenoxy) is 1. The highest BCUT2D eigenvalue weighted by molar-refractivity contribution is 6.16. The molecule has 4 aliphatic heterocycles. The fourth-order valence-corrected chi connectivity index (χ4v) is 4.66. The van der Waals surface area contributed by atoms with Crippen molar-refractivity contribution < 1.29 is 23.5 Å². The highest BCUT2D eigenvalue weighted by atomic mass is 19.1. The summed E-state index contributed by atoms with van der Waals surface area (Å²) in [6.07, 6.45) is 1.22. The van der Waals surface area contributed by atoms with Crippen LogP contribution in [-0.4, -0.2) is 39.3 Å². The molecule has 8 rings (SSSR count). The molecule has 4 aromatic rings. The first-order valence-electron chi connectivity index (χ1n) is 13.2. The van der Waals surface area contributed by atoms with E-state index < -0.39 is 35.2 Å². The molecule has 212 valence electrons. The van der Waals surface area contributed by atoms with E-state index in [0.29, 0.717) is 11.4 Å². The number of carbonyl (C=O) groups excluding carboxylic acids is 3. The summed E-state index contributed by atoms with van der Waals surface area (Å²) in [5.74, 6) is -2.36. The van der Waals surface area contributed by atoms with Gasteiger partial charge in [-0.25, -0.2) is 9.37 Å². The molecule has 5 heterocycles. The number of hydrogen-bond acceptors (Lipinski definition) is 8. The van der Waals surface area contributed by atoms with Crippen LogP contribution in [0.5, 0.6) is 5.75 Å². The molecule has 0 fully saturated rings. The van der Waals surface area contributed by atoms with Gasteiger partial charge >= 0.3 is 0 Å². The maximum atomic E-state index is 14.6. The second-order valence-corrected chi connectivity index (χ2v) is 10.1. The normalized spacial score (nSPS) is 19.9. The molecule has 3 aromatic carbocycles. The summed E-state index contributed by atoms with van der Waals surface area (Å²) in [7, 11) is 0.